The topological polar surface area (TPSA) is 41.6 Å². The molecule has 0 spiro atoms. The lowest BCUT2D eigenvalue weighted by Gasteiger charge is -2.29. The Kier molecular flexibility index (Phi) is 5.61. The molecule has 1 aliphatic heterocycles. The van der Waals surface area contributed by atoms with Gasteiger partial charge in [-0.15, -0.1) is 0 Å². The summed E-state index contributed by atoms with van der Waals surface area (Å²) in [4.78, 5) is 14.5. The van der Waals surface area contributed by atoms with Gasteiger partial charge in [-0.2, -0.15) is 0 Å². The maximum Gasteiger partial charge on any atom is 0.318 e. The highest BCUT2D eigenvalue weighted by molar-refractivity contribution is 5.77. The Hall–Kier alpha value is -2.75. The number of methoxy groups -OCH3 is 1. The lowest BCUT2D eigenvalue weighted by Crippen LogP contribution is -2.43. The van der Waals surface area contributed by atoms with Crippen molar-refractivity contribution in [2.75, 3.05) is 20.2 Å². The van der Waals surface area contributed by atoms with Gasteiger partial charge >= 0.3 is 6.03 Å². The van der Waals surface area contributed by atoms with Gasteiger partial charge in [0.2, 0.25) is 0 Å². The molecule has 0 aromatic heterocycles. The minimum absolute atomic E-state index is 0.0376. The molecular weight excluding hydrogens is 324 g/mol. The van der Waals surface area contributed by atoms with Crippen LogP contribution in [-0.4, -0.2) is 31.1 Å². The SMILES string of the molecule is COc1ccc(C)cc1C(C)NC(=O)N1CC=C(c2ccccc2)CC1. The summed E-state index contributed by atoms with van der Waals surface area (Å²) >= 11 is 0. The number of urea groups is 1. The van der Waals surface area contributed by atoms with Crippen molar-refractivity contribution in [3.63, 3.8) is 0 Å². The average Bonchev–Trinajstić information content (AvgIpc) is 2.68. The Morgan fingerprint density at radius 1 is 1.19 bits per heavy atom. The van der Waals surface area contributed by atoms with Crippen LogP contribution in [0, 0.1) is 6.92 Å². The molecule has 1 aliphatic rings. The van der Waals surface area contributed by atoms with Gasteiger partial charge in [0.25, 0.3) is 0 Å². The first-order valence-corrected chi connectivity index (χ1v) is 9.03. The second-order valence-corrected chi connectivity index (χ2v) is 6.71. The van der Waals surface area contributed by atoms with Gasteiger partial charge in [-0.05, 0) is 37.5 Å². The Morgan fingerprint density at radius 3 is 2.62 bits per heavy atom. The number of benzene rings is 2. The molecule has 2 aromatic rings. The Balaban J connectivity index is 1.64. The summed E-state index contributed by atoms with van der Waals surface area (Å²) in [7, 11) is 1.66. The summed E-state index contributed by atoms with van der Waals surface area (Å²) < 4.78 is 5.44. The number of ether oxygens (including phenoxy) is 1. The average molecular weight is 350 g/mol. The molecule has 2 aromatic carbocycles. The van der Waals surface area contributed by atoms with Crippen molar-refractivity contribution in [1.82, 2.24) is 10.2 Å². The van der Waals surface area contributed by atoms with Crippen LogP contribution in [0.3, 0.4) is 0 Å². The van der Waals surface area contributed by atoms with Crippen molar-refractivity contribution in [3.05, 3.63) is 71.3 Å². The Labute approximate surface area is 155 Å². The minimum Gasteiger partial charge on any atom is -0.496 e. The van der Waals surface area contributed by atoms with E-state index in [1.165, 1.54) is 11.1 Å². The second-order valence-electron chi connectivity index (χ2n) is 6.71. The van der Waals surface area contributed by atoms with E-state index in [1.807, 2.05) is 49.1 Å². The number of amides is 2. The van der Waals surface area contributed by atoms with E-state index in [0.29, 0.717) is 6.54 Å². The summed E-state index contributed by atoms with van der Waals surface area (Å²) in [5.74, 6) is 0.799. The fourth-order valence-corrected chi connectivity index (χ4v) is 3.31. The molecule has 1 heterocycles. The van der Waals surface area contributed by atoms with Crippen molar-refractivity contribution in [2.45, 2.75) is 26.3 Å². The molecule has 0 saturated heterocycles. The third kappa shape index (κ3) is 4.07. The van der Waals surface area contributed by atoms with Crippen molar-refractivity contribution < 1.29 is 9.53 Å². The van der Waals surface area contributed by atoms with E-state index in [9.17, 15) is 4.79 Å². The largest absolute Gasteiger partial charge is 0.496 e. The molecule has 1 atom stereocenters. The van der Waals surface area contributed by atoms with Gasteiger partial charge in [0.15, 0.2) is 0 Å². The van der Waals surface area contributed by atoms with E-state index < -0.39 is 0 Å². The fraction of sp³-hybridized carbons (Fsp3) is 0.318. The van der Waals surface area contributed by atoms with E-state index in [1.54, 1.807) is 7.11 Å². The molecule has 2 amide bonds. The first-order chi connectivity index (χ1) is 12.6. The Morgan fingerprint density at radius 2 is 1.96 bits per heavy atom. The van der Waals surface area contributed by atoms with Gasteiger partial charge in [0.1, 0.15) is 5.75 Å². The van der Waals surface area contributed by atoms with Gasteiger partial charge in [0.05, 0.1) is 13.2 Å². The molecule has 1 unspecified atom stereocenters. The molecule has 26 heavy (non-hydrogen) atoms. The van der Waals surface area contributed by atoms with Crippen molar-refractivity contribution in [1.29, 1.82) is 0 Å². The minimum atomic E-state index is -0.114. The van der Waals surface area contributed by atoms with Crippen LogP contribution in [0.15, 0.2) is 54.6 Å². The van der Waals surface area contributed by atoms with E-state index in [2.05, 4.69) is 29.6 Å². The zero-order chi connectivity index (χ0) is 18.5. The van der Waals surface area contributed by atoms with E-state index in [-0.39, 0.29) is 12.1 Å². The predicted octanol–water partition coefficient (Wildman–Crippen LogP) is 4.56. The number of aryl methyl sites for hydroxylation is 1. The molecule has 4 heteroatoms. The zero-order valence-electron chi connectivity index (χ0n) is 15.7. The third-order valence-electron chi connectivity index (χ3n) is 4.83. The third-order valence-corrected chi connectivity index (χ3v) is 4.83. The predicted molar refractivity (Wildman–Crippen MR) is 105 cm³/mol. The van der Waals surface area contributed by atoms with E-state index >= 15 is 0 Å². The fourth-order valence-electron chi connectivity index (χ4n) is 3.31. The number of carbonyl (C=O) groups is 1. The smallest absolute Gasteiger partial charge is 0.318 e. The number of hydrogen-bond acceptors (Lipinski definition) is 2. The van der Waals surface area contributed by atoms with Gasteiger partial charge in [-0.1, -0.05) is 54.1 Å². The van der Waals surface area contributed by atoms with Crippen LogP contribution in [-0.2, 0) is 0 Å². The zero-order valence-corrected chi connectivity index (χ0v) is 15.7. The summed E-state index contributed by atoms with van der Waals surface area (Å²) in [6.45, 7) is 5.39. The number of nitrogens with one attached hydrogen (secondary N) is 1. The van der Waals surface area contributed by atoms with Gasteiger partial charge in [-0.3, -0.25) is 0 Å². The lowest BCUT2D eigenvalue weighted by atomic mass is 10.00. The molecule has 136 valence electrons. The highest BCUT2D eigenvalue weighted by atomic mass is 16.5. The molecular formula is C22H26N2O2. The molecule has 0 fully saturated rings. The second kappa shape index (κ2) is 8.09. The number of hydrogen-bond donors (Lipinski definition) is 1. The van der Waals surface area contributed by atoms with E-state index in [0.717, 1.165) is 29.8 Å². The van der Waals surface area contributed by atoms with Crippen LogP contribution in [0.25, 0.3) is 5.57 Å². The van der Waals surface area contributed by atoms with Gasteiger partial charge < -0.3 is 15.0 Å². The molecule has 0 bridgehead atoms. The molecule has 3 rings (SSSR count). The lowest BCUT2D eigenvalue weighted by molar-refractivity contribution is 0.199. The van der Waals surface area contributed by atoms with Crippen LogP contribution in [0.2, 0.25) is 0 Å². The molecule has 4 nitrogen and oxygen atoms in total. The normalized spacial score (nSPS) is 15.2. The summed E-state index contributed by atoms with van der Waals surface area (Å²) in [6, 6.07) is 16.2. The highest BCUT2D eigenvalue weighted by Gasteiger charge is 2.21. The van der Waals surface area contributed by atoms with Gasteiger partial charge in [0, 0.05) is 18.7 Å². The highest BCUT2D eigenvalue weighted by Crippen LogP contribution is 2.27. The summed E-state index contributed by atoms with van der Waals surface area (Å²) in [6.07, 6.45) is 3.02. The van der Waals surface area contributed by atoms with Gasteiger partial charge in [-0.25, -0.2) is 4.79 Å². The van der Waals surface area contributed by atoms with Crippen molar-refractivity contribution in [3.8, 4) is 5.75 Å². The Bertz CT molecular complexity index is 799. The first kappa shape index (κ1) is 18.1. The quantitative estimate of drug-likeness (QED) is 0.878. The molecule has 1 N–H and O–H groups in total. The maximum absolute atomic E-state index is 12.7. The van der Waals surface area contributed by atoms with Crippen LogP contribution < -0.4 is 10.1 Å². The number of rotatable bonds is 4. The monoisotopic (exact) mass is 350 g/mol. The molecule has 0 radical (unpaired) electrons. The molecule has 0 saturated carbocycles. The standard InChI is InChI=1S/C22H26N2O2/c1-16-9-10-21(26-3)20(15-16)17(2)23-22(25)24-13-11-19(12-14-24)18-7-5-4-6-8-18/h4-11,15,17H,12-14H2,1-3H3,(H,23,25). The maximum atomic E-state index is 12.7. The number of nitrogens with zero attached hydrogens (tertiary/aromatic N) is 1. The van der Waals surface area contributed by atoms with Crippen LogP contribution >= 0.6 is 0 Å². The number of carbonyl (C=O) groups excluding carboxylic acids is 1. The first-order valence-electron chi connectivity index (χ1n) is 9.03. The molecule has 0 aliphatic carbocycles. The van der Waals surface area contributed by atoms with Crippen molar-refractivity contribution >= 4 is 11.6 Å². The summed E-state index contributed by atoms with van der Waals surface area (Å²) in [5, 5.41) is 3.10. The summed E-state index contributed by atoms with van der Waals surface area (Å²) in [5.41, 5.74) is 4.70. The van der Waals surface area contributed by atoms with Crippen LogP contribution in [0.5, 0.6) is 5.75 Å². The van der Waals surface area contributed by atoms with Crippen molar-refractivity contribution in [2.24, 2.45) is 0 Å². The van der Waals surface area contributed by atoms with E-state index in [4.69, 9.17) is 4.74 Å². The van der Waals surface area contributed by atoms with Crippen LogP contribution in [0.1, 0.15) is 36.1 Å². The van der Waals surface area contributed by atoms with Crippen LogP contribution in [0.4, 0.5) is 4.79 Å².